The van der Waals surface area contributed by atoms with Crippen LogP contribution >= 0.6 is 86.3 Å². The third-order valence-corrected chi connectivity index (χ3v) is 26.6. The average molecular weight is 2080 g/mol. The van der Waals surface area contributed by atoms with Crippen LogP contribution in [-0.2, 0) is 67.7 Å². The summed E-state index contributed by atoms with van der Waals surface area (Å²) in [4.78, 5) is 109. The van der Waals surface area contributed by atoms with E-state index in [9.17, 15) is 71.7 Å². The molecular formula is C92H83BrClN19O18S7. The summed E-state index contributed by atoms with van der Waals surface area (Å²) in [6, 6.07) is 49.1. The summed E-state index contributed by atoms with van der Waals surface area (Å²) in [6.45, 7) is 35.4. The van der Waals surface area contributed by atoms with E-state index in [-0.39, 0.29) is 78.3 Å². The molecule has 0 bridgehead atoms. The van der Waals surface area contributed by atoms with E-state index in [1.165, 1.54) is 122 Å². The first-order chi connectivity index (χ1) is 65.4. The van der Waals surface area contributed by atoms with Crippen molar-refractivity contribution in [3.8, 4) is 0 Å². The summed E-state index contributed by atoms with van der Waals surface area (Å²) < 4.78 is 57.7. The van der Waals surface area contributed by atoms with Gasteiger partial charge in [0.25, 0.3) is 28.7 Å². The SMILES string of the molecule is CSc1cc(N)c([N+](=O)[O-])cc1Br.CSc1ccc([N+](=O)[O-])c(N)c1.Nc1cc(Cl)ccc1[N+](=O)[O-].[C-]#[N+]c1cc(N)c(N)cc1SC.[C-]#[N+]c1cc([N+](=O)[O-])c(N)cc1SC.[C-]#[N+]c1cc2c(cc1S(C)(=O)=O)CC(Cc1cccc(C(=O)NO)c1)=N2.[C-]#[N+]c1cc2c(cc1S(C)(=O)=O)CC(Cc1cccc(C(=O)OC)c1)=N2.[C-]#[N+]c1cc2c(cc1SC)CC(Cc1cccc(C(=O)OC)c1)=N2. The maximum Gasteiger partial charge on any atom is 0.337 e. The van der Waals surface area contributed by atoms with Gasteiger partial charge in [0.2, 0.25) is 28.4 Å². The maximum absolute atomic E-state index is 11.9. The standard InChI is InChI=1S/C19H16N2O4S.C19H16N2O2S.C18H15N3O4S.C8H7N3O2S.C8H9N3S.C7H7BrN2O2S.C7H8N2O2S.C6H5ClN2O2/c1-20-17-11-16-14(10-18(17)26(3,23)24)9-15(21-16)8-12-5-4-6-13(7-12)19(22)25-2;1-20-17-11-16-14(10-18(17)24-3)9-15(21-16)8-12-5-4-6-13(7-12)19(22)23-2;1-19-16-10-15-13(9-17(16)26(2,24)25)8-14(20-15)7-11-4-3-5-12(6-11)18(22)21-23;1-10-6-4-7(11(12)13)5(9)3-8(6)14-2;1-11-7-3-5(9)6(10)4-8(7)12-2;1-13-7-3-5(9)6(10(11)12)2-4(7)8;1-12-5-2-3-7(9(10)11)6(8)4-5;7-4-1-2-6(9(10)11)5(8)3-4/h4-7,10-11H,8-9H2,2-3H3;4-7,10-11H,8-9H2,2-3H3;3-6,9-10,23H,7-8H2,2H3,(H,21,22);3-4H,9H2,2H3;3-4H,9-10H2,2H3;2-3H,9H2,1H3;2-4H,8H2,1H3;1-3H,8H2. The van der Waals surface area contributed by atoms with Crippen LogP contribution in [0.2, 0.25) is 5.02 Å². The van der Waals surface area contributed by atoms with Gasteiger partial charge in [-0.3, -0.25) is 65.4 Å². The number of halogens is 2. The number of nitrogens with one attached hydrogen (secondary N) is 1. The molecule has 0 aromatic heterocycles. The van der Waals surface area contributed by atoms with Gasteiger partial charge in [0, 0.05) is 138 Å². The highest BCUT2D eigenvalue weighted by atomic mass is 79.9. The van der Waals surface area contributed by atoms with Gasteiger partial charge in [-0.15, -0.1) is 58.8 Å². The Labute approximate surface area is 827 Å². The van der Waals surface area contributed by atoms with Gasteiger partial charge in [-0.1, -0.05) is 54.1 Å². The topological polar surface area (TPSA) is 558 Å². The molecular weight excluding hydrogens is 2000 g/mol. The lowest BCUT2D eigenvalue weighted by molar-refractivity contribution is -0.384. The first-order valence-electron chi connectivity index (χ1n) is 39.2. The third kappa shape index (κ3) is 30.5. The quantitative estimate of drug-likeness (QED) is 0.00668. The molecule has 14 rings (SSSR count). The normalized spacial score (nSPS) is 11.3. The summed E-state index contributed by atoms with van der Waals surface area (Å²) in [6.07, 6.45) is 15.1. The highest BCUT2D eigenvalue weighted by Crippen LogP contribution is 2.43. The molecule has 0 aliphatic carbocycles. The number of nitrogens with zero attached hydrogens (tertiary/aromatic N) is 12. The van der Waals surface area contributed by atoms with Crippen LogP contribution in [0.4, 0.5) is 102 Å². The molecule has 0 saturated heterocycles. The number of amides is 1. The van der Waals surface area contributed by atoms with E-state index in [0.717, 1.165) is 94.7 Å². The van der Waals surface area contributed by atoms with Crippen LogP contribution < -0.4 is 39.9 Å². The number of sulfone groups is 2. The molecule has 46 heteroatoms. The molecule has 3 heterocycles. The van der Waals surface area contributed by atoms with Crippen molar-refractivity contribution in [2.45, 2.75) is 72.8 Å². The third-order valence-electron chi connectivity index (χ3n) is 19.4. The van der Waals surface area contributed by atoms with E-state index in [1.807, 2.05) is 61.4 Å². The first kappa shape index (κ1) is 110. The largest absolute Gasteiger partial charge is 0.465 e. The number of benzene rings is 11. The smallest absolute Gasteiger partial charge is 0.337 e. The summed E-state index contributed by atoms with van der Waals surface area (Å²) >= 11 is 16.1. The van der Waals surface area contributed by atoms with Crippen molar-refractivity contribution >= 4 is 243 Å². The molecule has 0 atom stereocenters. The fourth-order valence-corrected chi connectivity index (χ4v) is 18.1. The molecule has 0 saturated carbocycles. The molecule has 11 aromatic rings. The summed E-state index contributed by atoms with van der Waals surface area (Å²) in [7, 11) is -4.26. The second kappa shape index (κ2) is 51.1. The van der Waals surface area contributed by atoms with E-state index in [4.69, 9.17) is 93.5 Å². The minimum atomic E-state index is -3.49. The minimum Gasteiger partial charge on any atom is -0.465 e. The van der Waals surface area contributed by atoms with Gasteiger partial charge in [0.1, 0.15) is 22.7 Å². The minimum absolute atomic E-state index is 0.0179. The highest BCUT2D eigenvalue weighted by Gasteiger charge is 2.27. The van der Waals surface area contributed by atoms with Gasteiger partial charge >= 0.3 is 11.9 Å². The van der Waals surface area contributed by atoms with Crippen molar-refractivity contribution in [2.24, 2.45) is 15.0 Å². The molecule has 710 valence electrons. The van der Waals surface area contributed by atoms with Gasteiger partial charge < -0.3 is 43.9 Å². The van der Waals surface area contributed by atoms with Crippen LogP contribution in [0, 0.1) is 73.3 Å². The van der Waals surface area contributed by atoms with Crippen LogP contribution in [0.25, 0.3) is 24.2 Å². The number of anilines is 6. The zero-order chi connectivity index (χ0) is 102. The van der Waals surface area contributed by atoms with Crippen LogP contribution in [0.15, 0.2) is 236 Å². The first-order valence-corrected chi connectivity index (χ1v) is 50.2. The van der Waals surface area contributed by atoms with Crippen molar-refractivity contribution in [1.82, 2.24) is 5.48 Å². The number of carbonyl (C=O) groups excluding carboxylic acids is 3. The van der Waals surface area contributed by atoms with Crippen LogP contribution in [0.5, 0.6) is 0 Å². The number of fused-ring (bicyclic) bond motifs is 3. The zero-order valence-electron chi connectivity index (χ0n) is 74.4. The number of methoxy groups -OCH3 is 2. The van der Waals surface area contributed by atoms with Gasteiger partial charge in [-0.25, -0.2) is 56.1 Å². The number of hydroxylamine groups is 1. The lowest BCUT2D eigenvalue weighted by atomic mass is 10.0. The van der Waals surface area contributed by atoms with Gasteiger partial charge in [0.15, 0.2) is 19.7 Å². The average Bonchev–Trinajstić information content (AvgIpc) is 1.62. The molecule has 11 aromatic carbocycles. The summed E-state index contributed by atoms with van der Waals surface area (Å²) in [5, 5.41) is 50.7. The number of rotatable bonds is 20. The number of aliphatic imine (C=N–C) groups is 3. The fraction of sp³-hybridized carbons (Fsp3) is 0.163. The molecule has 14 N–H and O–H groups in total. The molecule has 3 aliphatic rings. The van der Waals surface area contributed by atoms with E-state index in [2.05, 4.69) is 61.2 Å². The number of thioether (sulfide) groups is 5. The lowest BCUT2D eigenvalue weighted by Crippen LogP contribution is -2.18. The number of ether oxygens (including phenoxy) is 2. The molecule has 138 heavy (non-hydrogen) atoms. The van der Waals surface area contributed by atoms with Gasteiger partial charge in [0.05, 0.1) is 110 Å². The predicted molar refractivity (Wildman–Crippen MR) is 549 cm³/mol. The number of carbonyl (C=O) groups is 3. The van der Waals surface area contributed by atoms with E-state index in [0.29, 0.717) is 97.3 Å². The number of nitrogens with two attached hydrogens (primary N) is 6. The van der Waals surface area contributed by atoms with Crippen molar-refractivity contribution in [3.63, 3.8) is 0 Å². The number of nitro groups is 4. The molecule has 0 radical (unpaired) electrons. The van der Waals surface area contributed by atoms with Crippen molar-refractivity contribution in [1.29, 1.82) is 0 Å². The lowest BCUT2D eigenvalue weighted by Gasteiger charge is -2.05. The zero-order valence-corrected chi connectivity index (χ0v) is 82.5. The van der Waals surface area contributed by atoms with Crippen molar-refractivity contribution in [2.75, 3.05) is 92.4 Å². The Morgan fingerprint density at radius 1 is 0.428 bits per heavy atom. The van der Waals surface area contributed by atoms with Crippen LogP contribution in [0.1, 0.15) is 64.5 Å². The van der Waals surface area contributed by atoms with E-state index >= 15 is 0 Å². The van der Waals surface area contributed by atoms with Gasteiger partial charge in [-0.2, -0.15) is 0 Å². The van der Waals surface area contributed by atoms with Crippen LogP contribution in [0.3, 0.4) is 0 Å². The van der Waals surface area contributed by atoms with Crippen LogP contribution in [-0.4, -0.2) is 135 Å². The number of hydrogen-bond acceptors (Lipinski definition) is 32. The molecule has 3 aliphatic heterocycles. The Morgan fingerprint density at radius 3 is 1.13 bits per heavy atom. The van der Waals surface area contributed by atoms with Crippen molar-refractivity contribution < 1.29 is 65.6 Å². The van der Waals surface area contributed by atoms with Gasteiger partial charge in [-0.05, 0) is 196 Å². The number of nitro benzene ring substituents is 4. The molecule has 0 unspecified atom stereocenters. The Bertz CT molecular complexity index is 7030. The highest BCUT2D eigenvalue weighted by molar-refractivity contribution is 9.10. The van der Waals surface area contributed by atoms with E-state index < -0.39 is 51.2 Å². The fourth-order valence-electron chi connectivity index (χ4n) is 12.8. The summed E-state index contributed by atoms with van der Waals surface area (Å²) in [5.74, 6) is -1.33. The predicted octanol–water partition coefficient (Wildman–Crippen LogP) is 21.5. The Kier molecular flexibility index (Phi) is 40.8. The number of hydrogen-bond donors (Lipinski definition) is 8. The van der Waals surface area contributed by atoms with Crippen molar-refractivity contribution in [3.05, 3.63) is 339 Å². The molecule has 0 fully saturated rings. The maximum atomic E-state index is 11.9. The molecule has 1 amide bonds. The number of esters is 2. The molecule has 0 spiro atoms. The van der Waals surface area contributed by atoms with E-state index in [1.54, 1.807) is 102 Å². The second-order valence-electron chi connectivity index (χ2n) is 28.7. The Balaban J connectivity index is 0.000000220. The monoisotopic (exact) mass is 2080 g/mol. The summed E-state index contributed by atoms with van der Waals surface area (Å²) in [5.41, 5.74) is 48.8. The Hall–Kier alpha value is -14.9. The number of nitrogen functional groups attached to an aromatic ring is 6. The molecule has 37 nitrogen and oxygen atoms in total. The second-order valence-corrected chi connectivity index (χ2v) is 38.2. The Morgan fingerprint density at radius 2 is 0.761 bits per heavy atom.